The van der Waals surface area contributed by atoms with Crippen LogP contribution in [0.15, 0.2) is 83.8 Å². The van der Waals surface area contributed by atoms with Gasteiger partial charge in [0.05, 0.1) is 17.8 Å². The number of benzene rings is 3. The lowest BCUT2D eigenvalue weighted by molar-refractivity contribution is 0.414. The molecule has 0 amide bonds. The summed E-state index contributed by atoms with van der Waals surface area (Å²) in [4.78, 5) is 0.221. The highest BCUT2D eigenvalue weighted by molar-refractivity contribution is 8.18. The van der Waals surface area contributed by atoms with Crippen molar-refractivity contribution in [3.05, 3.63) is 90.0 Å². The fourth-order valence-corrected chi connectivity index (χ4v) is 8.26. The maximum Gasteiger partial charge on any atom is 0.241 e. The van der Waals surface area contributed by atoms with Gasteiger partial charge in [-0.1, -0.05) is 72.0 Å². The molecule has 3 rings (SSSR count). The summed E-state index contributed by atoms with van der Waals surface area (Å²) >= 11 is 6.07. The molecule has 0 bridgehead atoms. The number of nitrogens with one attached hydrogen (secondary N) is 1. The van der Waals surface area contributed by atoms with Crippen molar-refractivity contribution < 1.29 is 13.2 Å². The molecule has 0 heterocycles. The van der Waals surface area contributed by atoms with Gasteiger partial charge in [-0.2, -0.15) is 4.72 Å². The van der Waals surface area contributed by atoms with Crippen molar-refractivity contribution >= 4 is 33.2 Å². The molecular formula is C22H24NO3PS2. The maximum absolute atomic E-state index is 13.2. The summed E-state index contributed by atoms with van der Waals surface area (Å²) in [7, 11) is -2.18. The van der Waals surface area contributed by atoms with E-state index in [4.69, 9.17) is 16.5 Å². The summed E-state index contributed by atoms with van der Waals surface area (Å²) in [6.07, 6.45) is 0. The van der Waals surface area contributed by atoms with Crippen molar-refractivity contribution in [3.63, 3.8) is 0 Å². The molecule has 0 aliphatic heterocycles. The van der Waals surface area contributed by atoms with Crippen molar-refractivity contribution in [1.29, 1.82) is 0 Å². The molecule has 0 fully saturated rings. The van der Waals surface area contributed by atoms with E-state index >= 15 is 0 Å². The Labute approximate surface area is 178 Å². The van der Waals surface area contributed by atoms with Crippen LogP contribution in [-0.4, -0.2) is 22.2 Å². The highest BCUT2D eigenvalue weighted by Crippen LogP contribution is 2.54. The van der Waals surface area contributed by atoms with Gasteiger partial charge in [0, 0.05) is 6.04 Å². The van der Waals surface area contributed by atoms with Gasteiger partial charge in [-0.3, -0.25) is 0 Å². The largest absolute Gasteiger partial charge is 0.497 e. The van der Waals surface area contributed by atoms with E-state index in [2.05, 4.69) is 4.72 Å². The Morgan fingerprint density at radius 3 is 2.24 bits per heavy atom. The quantitative estimate of drug-likeness (QED) is 0.547. The Hall–Kier alpha value is -1.98. The average molecular weight is 446 g/mol. The van der Waals surface area contributed by atoms with Crippen LogP contribution in [0, 0.1) is 6.92 Å². The Morgan fingerprint density at radius 2 is 1.62 bits per heavy atom. The van der Waals surface area contributed by atoms with E-state index < -0.39 is 21.8 Å². The van der Waals surface area contributed by atoms with Crippen molar-refractivity contribution in [3.8, 4) is 5.75 Å². The molecule has 0 saturated heterocycles. The summed E-state index contributed by atoms with van der Waals surface area (Å²) in [6, 6.07) is 21.6. The molecule has 0 spiro atoms. The van der Waals surface area contributed by atoms with Gasteiger partial charge in [0.1, 0.15) is 5.75 Å². The first-order chi connectivity index (χ1) is 13.7. The van der Waals surface area contributed by atoms with Gasteiger partial charge in [0.15, 0.2) is 0 Å². The standard InChI is InChI=1S/C22H24NO3PS2/c1-17-12-14-21(15-13-17)29(24,25)23-22(18-8-7-9-19(16-18)26-2)27(3,28)20-10-5-4-6-11-20/h4-16,22-23H,1-3H3/t22-,27?/m0/s1. The molecule has 0 aromatic heterocycles. The molecule has 0 radical (unpaired) electrons. The second-order valence-corrected chi connectivity index (χ2v) is 13.9. The second kappa shape index (κ2) is 8.80. The van der Waals surface area contributed by atoms with Gasteiger partial charge in [-0.25, -0.2) is 8.42 Å². The highest BCUT2D eigenvalue weighted by Gasteiger charge is 2.32. The third-order valence-corrected chi connectivity index (χ3v) is 10.4. The van der Waals surface area contributed by atoms with Crippen molar-refractivity contribution in [2.45, 2.75) is 17.6 Å². The summed E-state index contributed by atoms with van der Waals surface area (Å²) in [5, 5.41) is 0.967. The van der Waals surface area contributed by atoms with Crippen molar-refractivity contribution in [2.75, 3.05) is 13.8 Å². The van der Waals surface area contributed by atoms with Gasteiger partial charge in [-0.15, -0.1) is 0 Å². The predicted octanol–water partition coefficient (Wildman–Crippen LogP) is 4.42. The van der Waals surface area contributed by atoms with Crippen LogP contribution in [-0.2, 0) is 21.8 Å². The number of methoxy groups -OCH3 is 1. The Kier molecular flexibility index (Phi) is 6.59. The number of rotatable bonds is 7. The molecule has 0 aliphatic carbocycles. The van der Waals surface area contributed by atoms with Gasteiger partial charge in [-0.05, 0) is 48.7 Å². The van der Waals surface area contributed by atoms with Gasteiger partial charge >= 0.3 is 0 Å². The first kappa shape index (κ1) is 21.7. The molecule has 4 nitrogen and oxygen atoms in total. The van der Waals surface area contributed by atoms with Crippen LogP contribution in [0.25, 0.3) is 0 Å². The molecule has 1 N–H and O–H groups in total. The molecule has 152 valence electrons. The topological polar surface area (TPSA) is 55.4 Å². The van der Waals surface area contributed by atoms with Crippen LogP contribution in [0.4, 0.5) is 0 Å². The van der Waals surface area contributed by atoms with Crippen LogP contribution in [0.5, 0.6) is 5.75 Å². The van der Waals surface area contributed by atoms with Gasteiger partial charge in [0.25, 0.3) is 0 Å². The number of ether oxygens (including phenoxy) is 1. The van der Waals surface area contributed by atoms with Crippen LogP contribution in [0.2, 0.25) is 0 Å². The first-order valence-electron chi connectivity index (χ1n) is 9.10. The molecule has 1 unspecified atom stereocenters. The van der Waals surface area contributed by atoms with Gasteiger partial charge in [0.2, 0.25) is 10.0 Å². The molecule has 2 atom stereocenters. The summed E-state index contributed by atoms with van der Waals surface area (Å²) in [6.45, 7) is 3.89. The first-order valence-corrected chi connectivity index (χ1v) is 13.9. The fraction of sp³-hybridized carbons (Fsp3) is 0.182. The van der Waals surface area contributed by atoms with E-state index in [9.17, 15) is 8.42 Å². The molecule has 3 aromatic rings. The minimum atomic E-state index is -3.76. The van der Waals surface area contributed by atoms with E-state index in [0.717, 1.165) is 16.4 Å². The van der Waals surface area contributed by atoms with Crippen LogP contribution in [0.3, 0.4) is 0 Å². The monoisotopic (exact) mass is 445 g/mol. The molecule has 7 heteroatoms. The predicted molar refractivity (Wildman–Crippen MR) is 124 cm³/mol. The van der Waals surface area contributed by atoms with E-state index in [1.807, 2.05) is 68.2 Å². The zero-order valence-corrected chi connectivity index (χ0v) is 19.1. The SMILES string of the molecule is COc1cccc([C@@H](NS(=O)(=O)c2ccc(C)cc2)P(C)(=S)c2ccccc2)c1. The van der Waals surface area contributed by atoms with E-state index in [1.165, 1.54) is 0 Å². The lowest BCUT2D eigenvalue weighted by Gasteiger charge is -2.30. The lowest BCUT2D eigenvalue weighted by atomic mass is 10.2. The normalized spacial score (nSPS) is 14.7. The Bertz CT molecular complexity index is 1130. The molecule has 3 aromatic carbocycles. The minimum absolute atomic E-state index is 0.221. The maximum atomic E-state index is 13.2. The molecular weight excluding hydrogens is 421 g/mol. The second-order valence-electron chi connectivity index (χ2n) is 6.94. The molecule has 29 heavy (non-hydrogen) atoms. The number of sulfonamides is 1. The van der Waals surface area contributed by atoms with E-state index in [-0.39, 0.29) is 4.90 Å². The fourth-order valence-electron chi connectivity index (χ4n) is 3.07. The number of hydrogen-bond acceptors (Lipinski definition) is 4. The molecule has 0 aliphatic rings. The zero-order valence-electron chi connectivity index (χ0n) is 16.6. The third-order valence-electron chi connectivity index (χ3n) is 4.77. The average Bonchev–Trinajstić information content (AvgIpc) is 2.73. The summed E-state index contributed by atoms with van der Waals surface area (Å²) in [5.41, 5.74) is 1.79. The van der Waals surface area contributed by atoms with Crippen LogP contribution >= 0.6 is 6.04 Å². The van der Waals surface area contributed by atoms with E-state index in [1.54, 1.807) is 31.4 Å². The number of hydrogen-bond donors (Lipinski definition) is 1. The van der Waals surface area contributed by atoms with E-state index in [0.29, 0.717) is 5.75 Å². The minimum Gasteiger partial charge on any atom is -0.497 e. The Balaban J connectivity index is 2.10. The number of aryl methyl sites for hydroxylation is 1. The third kappa shape index (κ3) is 4.96. The van der Waals surface area contributed by atoms with Gasteiger partial charge < -0.3 is 4.74 Å². The summed E-state index contributed by atoms with van der Waals surface area (Å²) in [5.74, 6) is 0.0893. The summed E-state index contributed by atoms with van der Waals surface area (Å²) < 4.78 is 34.6. The van der Waals surface area contributed by atoms with Crippen LogP contribution < -0.4 is 14.8 Å². The Morgan fingerprint density at radius 1 is 0.966 bits per heavy atom. The van der Waals surface area contributed by atoms with Crippen molar-refractivity contribution in [2.24, 2.45) is 0 Å². The molecule has 0 saturated carbocycles. The highest BCUT2D eigenvalue weighted by atomic mass is 32.4. The lowest BCUT2D eigenvalue weighted by Crippen LogP contribution is -2.31. The smallest absolute Gasteiger partial charge is 0.241 e. The van der Waals surface area contributed by atoms with Crippen molar-refractivity contribution in [1.82, 2.24) is 4.72 Å². The van der Waals surface area contributed by atoms with Crippen LogP contribution in [0.1, 0.15) is 16.9 Å². The zero-order chi connectivity index (χ0) is 21.1.